The molecule has 0 amide bonds. The van der Waals surface area contributed by atoms with Gasteiger partial charge in [0.2, 0.25) is 0 Å². The summed E-state index contributed by atoms with van der Waals surface area (Å²) in [4.78, 5) is 70.7. The Balaban J connectivity index is 3.24. The summed E-state index contributed by atoms with van der Waals surface area (Å²) in [5.41, 5.74) is -2.92. The molecule has 0 aliphatic heterocycles. The van der Waals surface area contributed by atoms with Gasteiger partial charge in [-0.05, 0) is 0 Å². The standard InChI is InChI=1S/C17H21N3O9/c1-4-13(22)28-10-7-19-15(24)18(6-9-27-12(3)21)16(25)20(17(19)26)8-11-29-14(23)5-2/h4-5H,1-2,6-11H2,3H3. The van der Waals surface area contributed by atoms with Gasteiger partial charge in [-0.3, -0.25) is 4.79 Å². The molecular weight excluding hydrogens is 390 g/mol. The van der Waals surface area contributed by atoms with E-state index in [9.17, 15) is 28.8 Å². The van der Waals surface area contributed by atoms with Crippen LogP contribution in [0.15, 0.2) is 39.7 Å². The summed E-state index contributed by atoms with van der Waals surface area (Å²) >= 11 is 0. The Kier molecular flexibility index (Phi) is 9.02. The number of esters is 3. The van der Waals surface area contributed by atoms with Crippen molar-refractivity contribution in [1.82, 2.24) is 13.7 Å². The van der Waals surface area contributed by atoms with Gasteiger partial charge >= 0.3 is 35.0 Å². The second-order valence-corrected chi connectivity index (χ2v) is 5.39. The lowest BCUT2D eigenvalue weighted by Gasteiger charge is -2.14. The zero-order valence-corrected chi connectivity index (χ0v) is 15.8. The second-order valence-electron chi connectivity index (χ2n) is 5.39. The molecule has 29 heavy (non-hydrogen) atoms. The monoisotopic (exact) mass is 411 g/mol. The minimum atomic E-state index is -0.979. The molecule has 0 saturated heterocycles. The van der Waals surface area contributed by atoms with E-state index >= 15 is 0 Å². The van der Waals surface area contributed by atoms with Crippen LogP contribution in [0.5, 0.6) is 0 Å². The van der Waals surface area contributed by atoms with Crippen molar-refractivity contribution in [3.05, 3.63) is 56.8 Å². The zero-order chi connectivity index (χ0) is 22.0. The Morgan fingerprint density at radius 3 is 1.31 bits per heavy atom. The predicted molar refractivity (Wildman–Crippen MR) is 98.2 cm³/mol. The predicted octanol–water partition coefficient (Wildman–Crippen LogP) is -1.81. The number of ether oxygens (including phenoxy) is 3. The minimum Gasteiger partial charge on any atom is -0.464 e. The Morgan fingerprint density at radius 2 is 1.03 bits per heavy atom. The third-order valence-electron chi connectivity index (χ3n) is 3.46. The molecule has 0 N–H and O–H groups in total. The van der Waals surface area contributed by atoms with E-state index in [2.05, 4.69) is 13.2 Å². The first-order valence-corrected chi connectivity index (χ1v) is 8.39. The van der Waals surface area contributed by atoms with Crippen LogP contribution in [-0.4, -0.2) is 51.4 Å². The van der Waals surface area contributed by atoms with Gasteiger partial charge in [0, 0.05) is 19.1 Å². The fraction of sp³-hybridized carbons (Fsp3) is 0.412. The molecule has 12 heteroatoms. The van der Waals surface area contributed by atoms with Gasteiger partial charge in [-0.2, -0.15) is 0 Å². The SMILES string of the molecule is C=CC(=O)OCCn1c(=O)n(CCOC(C)=O)c(=O)n(CCOC(=O)C=C)c1=O. The van der Waals surface area contributed by atoms with Crippen LogP contribution in [0, 0.1) is 0 Å². The molecule has 0 aliphatic rings. The van der Waals surface area contributed by atoms with Crippen LogP contribution < -0.4 is 17.1 Å². The van der Waals surface area contributed by atoms with Crippen LogP contribution in [0.25, 0.3) is 0 Å². The lowest BCUT2D eigenvalue weighted by atomic mass is 10.5. The largest absolute Gasteiger partial charge is 0.464 e. The Hall–Kier alpha value is -3.70. The normalized spacial score (nSPS) is 10.1. The number of aromatic nitrogens is 3. The van der Waals surface area contributed by atoms with Crippen LogP contribution in [-0.2, 0) is 48.2 Å². The van der Waals surface area contributed by atoms with Gasteiger partial charge in [-0.15, -0.1) is 0 Å². The number of nitrogens with zero attached hydrogens (tertiary/aromatic N) is 3. The molecule has 0 spiro atoms. The summed E-state index contributed by atoms with van der Waals surface area (Å²) in [7, 11) is 0. The fourth-order valence-corrected chi connectivity index (χ4v) is 2.13. The number of hydrogen-bond donors (Lipinski definition) is 0. The van der Waals surface area contributed by atoms with Gasteiger partial charge in [0.15, 0.2) is 0 Å². The smallest absolute Gasteiger partial charge is 0.336 e. The molecule has 1 rings (SSSR count). The molecule has 0 saturated carbocycles. The molecule has 0 radical (unpaired) electrons. The van der Waals surface area contributed by atoms with Crippen molar-refractivity contribution in [1.29, 1.82) is 0 Å². The Bertz CT molecular complexity index is 904. The average Bonchev–Trinajstić information content (AvgIpc) is 2.68. The molecule has 0 bridgehead atoms. The highest BCUT2D eigenvalue weighted by Crippen LogP contribution is 1.86. The first-order valence-electron chi connectivity index (χ1n) is 8.39. The third kappa shape index (κ3) is 6.75. The van der Waals surface area contributed by atoms with E-state index in [4.69, 9.17) is 14.2 Å². The molecule has 12 nitrogen and oxygen atoms in total. The van der Waals surface area contributed by atoms with E-state index in [0.717, 1.165) is 19.1 Å². The lowest BCUT2D eigenvalue weighted by molar-refractivity contribution is -0.141. The maximum absolute atomic E-state index is 12.5. The van der Waals surface area contributed by atoms with E-state index in [1.165, 1.54) is 0 Å². The maximum atomic E-state index is 12.5. The van der Waals surface area contributed by atoms with Gasteiger partial charge in [-0.1, -0.05) is 13.2 Å². The van der Waals surface area contributed by atoms with E-state index < -0.39 is 35.0 Å². The summed E-state index contributed by atoms with van der Waals surface area (Å²) in [6.07, 6.45) is 1.82. The van der Waals surface area contributed by atoms with Crippen LogP contribution in [0.2, 0.25) is 0 Å². The van der Waals surface area contributed by atoms with E-state index in [1.54, 1.807) is 0 Å². The van der Waals surface area contributed by atoms with Gasteiger partial charge < -0.3 is 14.2 Å². The summed E-state index contributed by atoms with van der Waals surface area (Å²) in [6, 6.07) is 0. The number of rotatable bonds is 11. The van der Waals surface area contributed by atoms with Crippen molar-refractivity contribution >= 4 is 17.9 Å². The summed E-state index contributed by atoms with van der Waals surface area (Å²) in [6.45, 7) is 5.69. The van der Waals surface area contributed by atoms with Crippen molar-refractivity contribution in [3.63, 3.8) is 0 Å². The highest BCUT2D eigenvalue weighted by molar-refractivity contribution is 5.81. The summed E-state index contributed by atoms with van der Waals surface area (Å²) in [5, 5.41) is 0. The first kappa shape index (κ1) is 23.3. The van der Waals surface area contributed by atoms with Crippen molar-refractivity contribution in [2.45, 2.75) is 26.6 Å². The van der Waals surface area contributed by atoms with Crippen molar-refractivity contribution in [2.24, 2.45) is 0 Å². The van der Waals surface area contributed by atoms with Crippen LogP contribution in [0.1, 0.15) is 6.92 Å². The lowest BCUT2D eigenvalue weighted by Crippen LogP contribution is -2.55. The highest BCUT2D eigenvalue weighted by atomic mass is 16.5. The molecular formula is C17H21N3O9. The highest BCUT2D eigenvalue weighted by Gasteiger charge is 2.16. The van der Waals surface area contributed by atoms with Crippen LogP contribution in [0.4, 0.5) is 0 Å². The minimum absolute atomic E-state index is 0.278. The molecule has 0 unspecified atom stereocenters. The quantitative estimate of drug-likeness (QED) is 0.234. The summed E-state index contributed by atoms with van der Waals surface area (Å²) < 4.78 is 16.3. The molecule has 1 aromatic rings. The molecule has 1 aromatic heterocycles. The van der Waals surface area contributed by atoms with Gasteiger partial charge in [0.1, 0.15) is 19.8 Å². The number of carbonyl (C=O) groups is 3. The second kappa shape index (κ2) is 11.2. The number of hydrogen-bond acceptors (Lipinski definition) is 9. The van der Waals surface area contributed by atoms with Gasteiger partial charge in [-0.25, -0.2) is 37.7 Å². The Labute approximate surface area is 164 Å². The molecule has 0 aliphatic carbocycles. The molecule has 0 atom stereocenters. The third-order valence-corrected chi connectivity index (χ3v) is 3.46. The van der Waals surface area contributed by atoms with Gasteiger partial charge in [0.05, 0.1) is 19.6 Å². The summed E-state index contributed by atoms with van der Waals surface area (Å²) in [5.74, 6) is -2.12. The topological polar surface area (TPSA) is 145 Å². The van der Waals surface area contributed by atoms with Gasteiger partial charge in [0.25, 0.3) is 0 Å². The maximum Gasteiger partial charge on any atom is 0.336 e. The first-order chi connectivity index (χ1) is 13.7. The fourth-order valence-electron chi connectivity index (χ4n) is 2.13. The average molecular weight is 411 g/mol. The van der Waals surface area contributed by atoms with Crippen LogP contribution >= 0.6 is 0 Å². The molecule has 1 heterocycles. The number of carbonyl (C=O) groups excluding carboxylic acids is 3. The molecule has 0 fully saturated rings. The zero-order valence-electron chi connectivity index (χ0n) is 15.8. The van der Waals surface area contributed by atoms with Crippen molar-refractivity contribution in [2.75, 3.05) is 19.8 Å². The van der Waals surface area contributed by atoms with Crippen molar-refractivity contribution < 1.29 is 28.6 Å². The Morgan fingerprint density at radius 1 is 0.724 bits per heavy atom. The van der Waals surface area contributed by atoms with Crippen molar-refractivity contribution in [3.8, 4) is 0 Å². The van der Waals surface area contributed by atoms with E-state index in [1.807, 2.05) is 0 Å². The van der Waals surface area contributed by atoms with E-state index in [0.29, 0.717) is 13.7 Å². The van der Waals surface area contributed by atoms with Crippen LogP contribution in [0.3, 0.4) is 0 Å². The molecule has 0 aromatic carbocycles. The molecule has 158 valence electrons. The van der Waals surface area contributed by atoms with E-state index in [-0.39, 0.29) is 39.5 Å².